The highest BCUT2D eigenvalue weighted by Crippen LogP contribution is 2.41. The number of hydrogen-bond donors (Lipinski definition) is 0. The average molecular weight is 397 g/mol. The largest absolute Gasteiger partial charge is 0.494 e. The van der Waals surface area contributed by atoms with E-state index in [4.69, 9.17) is 4.74 Å². The lowest BCUT2D eigenvalue weighted by atomic mass is 10.1. The topological polar surface area (TPSA) is 76.0 Å². The van der Waals surface area contributed by atoms with Crippen LogP contribution in [0.15, 0.2) is 29.3 Å². The molecule has 0 bridgehead atoms. The summed E-state index contributed by atoms with van der Waals surface area (Å²) < 4.78 is 29.6. The Morgan fingerprint density at radius 1 is 1.31 bits per heavy atom. The summed E-state index contributed by atoms with van der Waals surface area (Å²) in [6, 6.07) is 7.30. The molecule has 0 spiro atoms. The van der Waals surface area contributed by atoms with Crippen molar-refractivity contribution in [2.45, 2.75) is 38.5 Å². The SMILES string of the molecule is CCOc1ccc(N2C(=NC(=O)C(C)CC)SC3CS(=O)(=O)CC32)cc1. The number of hydrogen-bond acceptors (Lipinski definition) is 5. The van der Waals surface area contributed by atoms with Gasteiger partial charge in [0.15, 0.2) is 15.0 Å². The first kappa shape index (κ1) is 19.2. The molecule has 2 saturated heterocycles. The molecule has 2 fully saturated rings. The maximum atomic E-state index is 12.3. The fraction of sp³-hybridized carbons (Fsp3) is 0.556. The van der Waals surface area contributed by atoms with Crippen LogP contribution in [0.4, 0.5) is 5.69 Å². The number of aliphatic imine (C=N–C) groups is 1. The molecule has 3 unspecified atom stereocenters. The number of carbonyl (C=O) groups excluding carboxylic acids is 1. The lowest BCUT2D eigenvalue weighted by Crippen LogP contribution is -2.37. The lowest BCUT2D eigenvalue weighted by molar-refractivity contribution is -0.121. The molecule has 26 heavy (non-hydrogen) atoms. The smallest absolute Gasteiger partial charge is 0.250 e. The monoisotopic (exact) mass is 396 g/mol. The predicted octanol–water partition coefficient (Wildman–Crippen LogP) is 2.73. The number of carbonyl (C=O) groups is 1. The Labute approximate surface area is 158 Å². The van der Waals surface area contributed by atoms with Crippen LogP contribution in [0.2, 0.25) is 0 Å². The molecule has 0 radical (unpaired) electrons. The van der Waals surface area contributed by atoms with Crippen molar-refractivity contribution in [2.75, 3.05) is 23.0 Å². The number of ether oxygens (including phenoxy) is 1. The van der Waals surface area contributed by atoms with Crippen molar-refractivity contribution in [2.24, 2.45) is 10.9 Å². The molecule has 1 aromatic rings. The van der Waals surface area contributed by atoms with Gasteiger partial charge in [-0.05, 0) is 37.6 Å². The van der Waals surface area contributed by atoms with Crippen LogP contribution in [0.1, 0.15) is 27.2 Å². The second-order valence-electron chi connectivity index (χ2n) is 6.64. The van der Waals surface area contributed by atoms with E-state index in [9.17, 15) is 13.2 Å². The Morgan fingerprint density at radius 2 is 2.00 bits per heavy atom. The minimum atomic E-state index is -3.06. The Morgan fingerprint density at radius 3 is 2.62 bits per heavy atom. The van der Waals surface area contributed by atoms with Crippen LogP contribution < -0.4 is 9.64 Å². The predicted molar refractivity (Wildman–Crippen MR) is 106 cm³/mol. The Balaban J connectivity index is 1.94. The summed E-state index contributed by atoms with van der Waals surface area (Å²) >= 11 is 1.40. The first-order valence-electron chi connectivity index (χ1n) is 8.86. The normalized spacial score (nSPS) is 26.7. The van der Waals surface area contributed by atoms with Crippen LogP contribution in [0.3, 0.4) is 0 Å². The second-order valence-corrected chi connectivity index (χ2v) is 10.00. The van der Waals surface area contributed by atoms with Gasteiger partial charge in [0.1, 0.15) is 5.75 Å². The zero-order valence-corrected chi connectivity index (χ0v) is 16.8. The average Bonchev–Trinajstić information content (AvgIpc) is 3.06. The van der Waals surface area contributed by atoms with Crippen molar-refractivity contribution < 1.29 is 17.9 Å². The van der Waals surface area contributed by atoms with Crippen LogP contribution in [-0.4, -0.2) is 48.9 Å². The Hall–Kier alpha value is -1.54. The number of benzene rings is 1. The molecule has 2 aliphatic heterocycles. The molecular formula is C18H24N2O4S2. The van der Waals surface area contributed by atoms with E-state index < -0.39 is 9.84 Å². The lowest BCUT2D eigenvalue weighted by Gasteiger charge is -2.24. The fourth-order valence-corrected chi connectivity index (χ4v) is 7.03. The van der Waals surface area contributed by atoms with Gasteiger partial charge in [-0.1, -0.05) is 25.6 Å². The van der Waals surface area contributed by atoms with Crippen molar-refractivity contribution in [3.63, 3.8) is 0 Å². The van der Waals surface area contributed by atoms with Gasteiger partial charge in [0.2, 0.25) is 0 Å². The van der Waals surface area contributed by atoms with Crippen molar-refractivity contribution >= 4 is 38.4 Å². The number of rotatable bonds is 5. The van der Waals surface area contributed by atoms with Crippen molar-refractivity contribution in [1.82, 2.24) is 0 Å². The van der Waals surface area contributed by atoms with Gasteiger partial charge in [-0.25, -0.2) is 8.42 Å². The summed E-state index contributed by atoms with van der Waals surface area (Å²) in [7, 11) is -3.06. The standard InChI is InChI=1S/C18H24N2O4S2/c1-4-12(3)17(21)19-18-20(13-6-8-14(9-7-13)24-5-2)15-10-26(22,23)11-16(15)25-18/h6-9,12,15-16H,4-5,10-11H2,1-3H3. The van der Waals surface area contributed by atoms with Crippen LogP contribution in [0, 0.1) is 5.92 Å². The van der Waals surface area contributed by atoms with E-state index in [-0.39, 0.29) is 34.6 Å². The third-order valence-corrected chi connectivity index (χ3v) is 7.94. The number of anilines is 1. The highest BCUT2D eigenvalue weighted by atomic mass is 32.2. The Kier molecular flexibility index (Phi) is 5.62. The second kappa shape index (κ2) is 7.60. The number of sulfone groups is 1. The highest BCUT2D eigenvalue weighted by Gasteiger charge is 2.49. The molecule has 3 rings (SSSR count). The van der Waals surface area contributed by atoms with Gasteiger partial charge in [-0.2, -0.15) is 4.99 Å². The quantitative estimate of drug-likeness (QED) is 0.762. The van der Waals surface area contributed by atoms with Crippen LogP contribution in [0.25, 0.3) is 0 Å². The molecule has 142 valence electrons. The van der Waals surface area contributed by atoms with E-state index in [0.717, 1.165) is 17.9 Å². The van der Waals surface area contributed by atoms with E-state index >= 15 is 0 Å². The van der Waals surface area contributed by atoms with Crippen LogP contribution >= 0.6 is 11.8 Å². The summed E-state index contributed by atoms with van der Waals surface area (Å²) in [5.74, 6) is 0.678. The zero-order valence-electron chi connectivity index (χ0n) is 15.2. The van der Waals surface area contributed by atoms with Crippen LogP contribution in [0.5, 0.6) is 5.75 Å². The summed E-state index contributed by atoms with van der Waals surface area (Å²) in [5.41, 5.74) is 0.834. The van der Waals surface area contributed by atoms with Gasteiger partial charge in [0, 0.05) is 16.9 Å². The van der Waals surface area contributed by atoms with E-state index in [0.29, 0.717) is 11.8 Å². The fourth-order valence-electron chi connectivity index (χ4n) is 3.12. The van der Waals surface area contributed by atoms with Gasteiger partial charge >= 0.3 is 0 Å². The third-order valence-electron chi connectivity index (χ3n) is 4.73. The number of nitrogens with zero attached hydrogens (tertiary/aromatic N) is 2. The summed E-state index contributed by atoms with van der Waals surface area (Å²) in [5, 5.41) is 0.513. The Bertz CT molecular complexity index is 805. The molecule has 0 N–H and O–H groups in total. The summed E-state index contributed by atoms with van der Waals surface area (Å²) in [6.07, 6.45) is 0.727. The van der Waals surface area contributed by atoms with E-state index in [1.54, 1.807) is 0 Å². The first-order valence-corrected chi connectivity index (χ1v) is 11.6. The third kappa shape index (κ3) is 3.91. The van der Waals surface area contributed by atoms with Crippen molar-refractivity contribution in [3.05, 3.63) is 24.3 Å². The van der Waals surface area contributed by atoms with E-state index in [1.807, 2.05) is 49.9 Å². The number of amides is 1. The molecular weight excluding hydrogens is 372 g/mol. The molecule has 0 saturated carbocycles. The first-order chi connectivity index (χ1) is 12.3. The van der Waals surface area contributed by atoms with Gasteiger partial charge < -0.3 is 9.64 Å². The molecule has 0 aromatic heterocycles. The summed E-state index contributed by atoms with van der Waals surface area (Å²) in [4.78, 5) is 18.6. The van der Waals surface area contributed by atoms with Gasteiger partial charge in [-0.3, -0.25) is 4.79 Å². The molecule has 2 heterocycles. The van der Waals surface area contributed by atoms with Crippen molar-refractivity contribution in [3.8, 4) is 5.75 Å². The summed E-state index contributed by atoms with van der Waals surface area (Å²) in [6.45, 7) is 6.32. The maximum Gasteiger partial charge on any atom is 0.250 e. The number of amidine groups is 1. The molecule has 1 amide bonds. The van der Waals surface area contributed by atoms with Crippen molar-refractivity contribution in [1.29, 1.82) is 0 Å². The van der Waals surface area contributed by atoms with Crippen LogP contribution in [-0.2, 0) is 14.6 Å². The molecule has 8 heteroatoms. The van der Waals surface area contributed by atoms with E-state index in [2.05, 4.69) is 4.99 Å². The minimum absolute atomic E-state index is 0.0879. The van der Waals surface area contributed by atoms with Gasteiger partial charge in [-0.15, -0.1) is 0 Å². The molecule has 3 atom stereocenters. The van der Waals surface area contributed by atoms with E-state index in [1.165, 1.54) is 11.8 Å². The minimum Gasteiger partial charge on any atom is -0.494 e. The van der Waals surface area contributed by atoms with Gasteiger partial charge in [0.25, 0.3) is 5.91 Å². The molecule has 0 aliphatic carbocycles. The molecule has 6 nitrogen and oxygen atoms in total. The van der Waals surface area contributed by atoms with Gasteiger partial charge in [0.05, 0.1) is 24.2 Å². The number of fused-ring (bicyclic) bond motifs is 1. The maximum absolute atomic E-state index is 12.3. The number of thioether (sulfide) groups is 1. The molecule has 1 aromatic carbocycles. The molecule has 2 aliphatic rings. The zero-order chi connectivity index (χ0) is 18.9. The highest BCUT2D eigenvalue weighted by molar-refractivity contribution is 8.16.